The van der Waals surface area contributed by atoms with Gasteiger partial charge in [-0.25, -0.2) is 4.98 Å². The molecule has 0 fully saturated rings. The fraction of sp³-hybridized carbons (Fsp3) is 0.385. The highest BCUT2D eigenvalue weighted by Crippen LogP contribution is 2.29. The Bertz CT molecular complexity index is 600. The van der Waals surface area contributed by atoms with Crippen molar-refractivity contribution in [1.29, 1.82) is 0 Å². The largest absolute Gasteiger partial charge is 0.342 e. The Balaban J connectivity index is 2.23. The molecule has 0 radical (unpaired) electrons. The molecule has 4 heteroatoms. The van der Waals surface area contributed by atoms with Crippen molar-refractivity contribution in [2.45, 2.75) is 26.2 Å². The summed E-state index contributed by atoms with van der Waals surface area (Å²) < 4.78 is 0. The van der Waals surface area contributed by atoms with E-state index >= 15 is 0 Å². The van der Waals surface area contributed by atoms with Gasteiger partial charge in [-0.3, -0.25) is 4.79 Å². The van der Waals surface area contributed by atoms with Crippen molar-refractivity contribution < 1.29 is 4.79 Å². The second-order valence-electron chi connectivity index (χ2n) is 4.63. The van der Waals surface area contributed by atoms with Crippen LogP contribution >= 0.6 is 0 Å². The van der Waals surface area contributed by atoms with E-state index in [0.29, 0.717) is 6.42 Å². The van der Waals surface area contributed by atoms with E-state index in [-0.39, 0.29) is 5.91 Å². The van der Waals surface area contributed by atoms with Crippen LogP contribution in [0.3, 0.4) is 0 Å². The molecule has 0 saturated carbocycles. The summed E-state index contributed by atoms with van der Waals surface area (Å²) in [7, 11) is 1.85. The fourth-order valence-electron chi connectivity index (χ4n) is 2.46. The maximum Gasteiger partial charge on any atom is 0.226 e. The molecule has 0 atom stereocenters. The van der Waals surface area contributed by atoms with Crippen molar-refractivity contribution >= 4 is 22.6 Å². The summed E-state index contributed by atoms with van der Waals surface area (Å²) >= 11 is 0. The van der Waals surface area contributed by atoms with Gasteiger partial charge in [-0.05, 0) is 37.5 Å². The van der Waals surface area contributed by atoms with Crippen molar-refractivity contribution in [2.75, 3.05) is 11.9 Å². The van der Waals surface area contributed by atoms with E-state index in [1.54, 1.807) is 4.90 Å². The SMILES string of the molecule is Cc1nc2cc3c(cc2[nH]1)CCCC(=O)N3C. The van der Waals surface area contributed by atoms with E-state index < -0.39 is 0 Å². The molecule has 1 aromatic carbocycles. The highest BCUT2D eigenvalue weighted by atomic mass is 16.2. The van der Waals surface area contributed by atoms with Gasteiger partial charge < -0.3 is 9.88 Å². The molecule has 1 aromatic heterocycles. The number of rotatable bonds is 0. The van der Waals surface area contributed by atoms with E-state index in [0.717, 1.165) is 35.4 Å². The van der Waals surface area contributed by atoms with Crippen LogP contribution in [0.25, 0.3) is 11.0 Å². The molecule has 2 heterocycles. The maximum atomic E-state index is 11.8. The molecule has 17 heavy (non-hydrogen) atoms. The number of anilines is 1. The van der Waals surface area contributed by atoms with Gasteiger partial charge in [-0.2, -0.15) is 0 Å². The lowest BCUT2D eigenvalue weighted by atomic mass is 10.1. The summed E-state index contributed by atoms with van der Waals surface area (Å²) in [6, 6.07) is 4.14. The van der Waals surface area contributed by atoms with Crippen LogP contribution in [0.2, 0.25) is 0 Å². The van der Waals surface area contributed by atoms with Gasteiger partial charge in [-0.15, -0.1) is 0 Å². The standard InChI is InChI=1S/C13H15N3O/c1-8-14-10-6-9-4-3-5-13(17)16(2)12(9)7-11(10)15-8/h6-7H,3-5H2,1-2H3,(H,14,15). The summed E-state index contributed by atoms with van der Waals surface area (Å²) in [5.74, 6) is 1.10. The molecule has 1 amide bonds. The number of hydrogen-bond acceptors (Lipinski definition) is 2. The van der Waals surface area contributed by atoms with Crippen LogP contribution in [0, 0.1) is 6.92 Å². The zero-order valence-corrected chi connectivity index (χ0v) is 10.1. The first-order chi connectivity index (χ1) is 8.15. The lowest BCUT2D eigenvalue weighted by molar-refractivity contribution is -0.118. The van der Waals surface area contributed by atoms with Gasteiger partial charge in [0.2, 0.25) is 5.91 Å². The summed E-state index contributed by atoms with van der Waals surface area (Å²) in [6.07, 6.45) is 2.51. The lowest BCUT2D eigenvalue weighted by Gasteiger charge is -2.17. The van der Waals surface area contributed by atoms with Crippen LogP contribution < -0.4 is 4.90 Å². The summed E-state index contributed by atoms with van der Waals surface area (Å²) in [6.45, 7) is 1.94. The van der Waals surface area contributed by atoms with Crippen LogP contribution in [0.15, 0.2) is 12.1 Å². The number of aromatic amines is 1. The number of amides is 1. The van der Waals surface area contributed by atoms with Gasteiger partial charge in [0.05, 0.1) is 11.0 Å². The Kier molecular flexibility index (Phi) is 2.18. The van der Waals surface area contributed by atoms with Crippen LogP contribution in [-0.4, -0.2) is 22.9 Å². The Hall–Kier alpha value is -1.84. The predicted molar refractivity (Wildman–Crippen MR) is 67.2 cm³/mol. The number of nitrogens with zero attached hydrogens (tertiary/aromatic N) is 2. The average molecular weight is 229 g/mol. The third kappa shape index (κ3) is 1.60. The predicted octanol–water partition coefficient (Wildman–Crippen LogP) is 2.17. The minimum Gasteiger partial charge on any atom is -0.342 e. The van der Waals surface area contributed by atoms with Crippen LogP contribution in [-0.2, 0) is 11.2 Å². The molecule has 88 valence electrons. The number of aromatic nitrogens is 2. The topological polar surface area (TPSA) is 49.0 Å². The first-order valence-corrected chi connectivity index (χ1v) is 5.91. The quantitative estimate of drug-likeness (QED) is 0.752. The second-order valence-corrected chi connectivity index (χ2v) is 4.63. The summed E-state index contributed by atoms with van der Waals surface area (Å²) in [4.78, 5) is 21.2. The normalized spacial score (nSPS) is 16.1. The third-order valence-corrected chi connectivity index (χ3v) is 3.37. The number of carbonyl (C=O) groups is 1. The molecule has 0 spiro atoms. The number of imidazole rings is 1. The van der Waals surface area contributed by atoms with E-state index in [1.165, 1.54) is 5.56 Å². The summed E-state index contributed by atoms with van der Waals surface area (Å²) in [5, 5.41) is 0. The average Bonchev–Trinajstić information content (AvgIpc) is 2.59. The lowest BCUT2D eigenvalue weighted by Crippen LogP contribution is -2.24. The number of aryl methyl sites for hydroxylation is 2. The fourth-order valence-corrected chi connectivity index (χ4v) is 2.46. The smallest absolute Gasteiger partial charge is 0.226 e. The van der Waals surface area contributed by atoms with Crippen molar-refractivity contribution in [3.05, 3.63) is 23.5 Å². The van der Waals surface area contributed by atoms with Crippen LogP contribution in [0.4, 0.5) is 5.69 Å². The maximum absolute atomic E-state index is 11.8. The van der Waals surface area contributed by atoms with E-state index in [4.69, 9.17) is 0 Å². The Morgan fingerprint density at radius 3 is 3.00 bits per heavy atom. The highest BCUT2D eigenvalue weighted by Gasteiger charge is 2.19. The van der Waals surface area contributed by atoms with Crippen LogP contribution in [0.5, 0.6) is 0 Å². The number of carbonyl (C=O) groups excluding carboxylic acids is 1. The van der Waals surface area contributed by atoms with Crippen molar-refractivity contribution in [2.24, 2.45) is 0 Å². The molecule has 0 bridgehead atoms. The number of nitrogens with one attached hydrogen (secondary N) is 1. The minimum atomic E-state index is 0.190. The van der Waals surface area contributed by atoms with E-state index in [9.17, 15) is 4.79 Å². The third-order valence-electron chi connectivity index (χ3n) is 3.37. The molecule has 4 nitrogen and oxygen atoms in total. The first kappa shape index (κ1) is 10.3. The molecule has 1 aliphatic heterocycles. The second kappa shape index (κ2) is 3.58. The number of benzene rings is 1. The van der Waals surface area contributed by atoms with Gasteiger partial charge in [0, 0.05) is 19.2 Å². The first-order valence-electron chi connectivity index (χ1n) is 5.91. The number of fused-ring (bicyclic) bond motifs is 2. The molecule has 0 unspecified atom stereocenters. The van der Waals surface area contributed by atoms with Crippen LogP contribution in [0.1, 0.15) is 24.2 Å². The van der Waals surface area contributed by atoms with Gasteiger partial charge in [0.15, 0.2) is 0 Å². The van der Waals surface area contributed by atoms with Gasteiger partial charge >= 0.3 is 0 Å². The van der Waals surface area contributed by atoms with E-state index in [1.807, 2.05) is 20.0 Å². The van der Waals surface area contributed by atoms with Crippen molar-refractivity contribution in [3.63, 3.8) is 0 Å². The molecule has 3 rings (SSSR count). The number of hydrogen-bond donors (Lipinski definition) is 1. The number of H-pyrrole nitrogens is 1. The Morgan fingerprint density at radius 1 is 1.35 bits per heavy atom. The minimum absolute atomic E-state index is 0.190. The zero-order valence-electron chi connectivity index (χ0n) is 10.1. The molecule has 2 aromatic rings. The molecule has 1 N–H and O–H groups in total. The zero-order chi connectivity index (χ0) is 12.0. The molecular weight excluding hydrogens is 214 g/mol. The summed E-state index contributed by atoms with van der Waals surface area (Å²) in [5.41, 5.74) is 4.23. The highest BCUT2D eigenvalue weighted by molar-refractivity contribution is 5.96. The van der Waals surface area contributed by atoms with Crippen molar-refractivity contribution in [1.82, 2.24) is 9.97 Å². The van der Waals surface area contributed by atoms with Gasteiger partial charge in [0.1, 0.15) is 5.82 Å². The van der Waals surface area contributed by atoms with E-state index in [2.05, 4.69) is 16.0 Å². The van der Waals surface area contributed by atoms with Gasteiger partial charge in [0.25, 0.3) is 0 Å². The molecule has 0 saturated heterocycles. The molecule has 1 aliphatic rings. The van der Waals surface area contributed by atoms with Gasteiger partial charge in [-0.1, -0.05) is 0 Å². The monoisotopic (exact) mass is 229 g/mol. The Morgan fingerprint density at radius 2 is 2.18 bits per heavy atom. The van der Waals surface area contributed by atoms with Crippen molar-refractivity contribution in [3.8, 4) is 0 Å². The Labute approximate surface area is 99.6 Å². The molecular formula is C13H15N3O. The molecule has 0 aliphatic carbocycles.